The fraction of sp³-hybridized carbons (Fsp3) is 0.818. The molecule has 2 heterocycles. The molecule has 8 atom stereocenters. The molecule has 2 aliphatic carbocycles. The Morgan fingerprint density at radius 2 is 1.04 bits per heavy atom. The van der Waals surface area contributed by atoms with Gasteiger partial charge in [-0.15, -0.1) is 0 Å². The Morgan fingerprint density at radius 3 is 1.42 bits per heavy atom. The minimum atomic E-state index is 0.497. The van der Waals surface area contributed by atoms with Gasteiger partial charge in [0.15, 0.2) is 0 Å². The van der Waals surface area contributed by atoms with Crippen LogP contribution in [0, 0.1) is 35.5 Å². The number of hydrogen-bond acceptors (Lipinski definition) is 2. The van der Waals surface area contributed by atoms with Crippen molar-refractivity contribution in [3.8, 4) is 0 Å². The van der Waals surface area contributed by atoms with Gasteiger partial charge in [0, 0.05) is 23.7 Å². The number of fused-ring (bicyclic) bond motifs is 2. The standard InChI is InChI=1S/2C11H18O/c2*1-7-4-5-10-8(2)9(3)12-11(10)6-7/h2*7-8,10-11H,3-6H2,1-2H3/t7-,8+,10+,11+;7-,8-,10+,11+/m11/s1. The van der Waals surface area contributed by atoms with Crippen molar-refractivity contribution < 1.29 is 9.47 Å². The van der Waals surface area contributed by atoms with Crippen LogP contribution in [0.5, 0.6) is 0 Å². The van der Waals surface area contributed by atoms with Crippen LogP contribution in [-0.2, 0) is 9.47 Å². The Hall–Kier alpha value is -0.920. The third kappa shape index (κ3) is 3.53. The van der Waals surface area contributed by atoms with E-state index in [0.29, 0.717) is 24.0 Å². The van der Waals surface area contributed by atoms with E-state index in [1.807, 2.05) is 0 Å². The van der Waals surface area contributed by atoms with Gasteiger partial charge in [-0.05, 0) is 37.5 Å². The molecular weight excluding hydrogens is 296 g/mol. The highest BCUT2D eigenvalue weighted by Gasteiger charge is 2.41. The van der Waals surface area contributed by atoms with Gasteiger partial charge in [0.25, 0.3) is 0 Å². The van der Waals surface area contributed by atoms with Gasteiger partial charge in [-0.1, -0.05) is 53.7 Å². The van der Waals surface area contributed by atoms with Gasteiger partial charge in [0.05, 0.1) is 11.5 Å². The molecule has 2 saturated carbocycles. The highest BCUT2D eigenvalue weighted by molar-refractivity contribution is 5.04. The zero-order valence-corrected chi connectivity index (χ0v) is 16.1. The molecule has 136 valence electrons. The van der Waals surface area contributed by atoms with Crippen LogP contribution >= 0.6 is 0 Å². The summed E-state index contributed by atoms with van der Waals surface area (Å²) < 4.78 is 11.5. The second-order valence-electron chi connectivity index (χ2n) is 8.99. The van der Waals surface area contributed by atoms with Crippen LogP contribution in [-0.4, -0.2) is 12.2 Å². The SMILES string of the molecule is C=C1O[C@H]2C[C@H](C)CC[C@H]2[C@@H]1C.C=C1O[C@H]2C[C@H](C)CC[C@H]2[C@H]1C. The molecule has 0 bridgehead atoms. The minimum absolute atomic E-state index is 0.497. The molecule has 0 radical (unpaired) electrons. The van der Waals surface area contributed by atoms with Crippen molar-refractivity contribution in [2.24, 2.45) is 35.5 Å². The van der Waals surface area contributed by atoms with Crippen molar-refractivity contribution in [3.05, 3.63) is 24.7 Å². The topological polar surface area (TPSA) is 18.5 Å². The molecule has 2 heteroatoms. The molecule has 0 spiro atoms. The second-order valence-corrected chi connectivity index (χ2v) is 8.99. The minimum Gasteiger partial charge on any atom is -0.495 e. The van der Waals surface area contributed by atoms with Gasteiger partial charge in [-0.25, -0.2) is 0 Å². The van der Waals surface area contributed by atoms with Crippen LogP contribution in [0.25, 0.3) is 0 Å². The van der Waals surface area contributed by atoms with Crippen molar-refractivity contribution in [1.82, 2.24) is 0 Å². The molecule has 4 rings (SSSR count). The summed E-state index contributed by atoms with van der Waals surface area (Å²) in [7, 11) is 0. The number of rotatable bonds is 0. The van der Waals surface area contributed by atoms with E-state index < -0.39 is 0 Å². The summed E-state index contributed by atoms with van der Waals surface area (Å²) in [4.78, 5) is 0. The molecule has 4 fully saturated rings. The Bertz CT molecular complexity index is 438. The summed E-state index contributed by atoms with van der Waals surface area (Å²) in [6.45, 7) is 17.1. The van der Waals surface area contributed by atoms with E-state index in [-0.39, 0.29) is 0 Å². The molecule has 4 aliphatic rings. The molecule has 0 N–H and O–H groups in total. The van der Waals surface area contributed by atoms with E-state index >= 15 is 0 Å². The Kier molecular flexibility index (Phi) is 5.32. The average Bonchev–Trinajstić information content (AvgIpc) is 2.96. The summed E-state index contributed by atoms with van der Waals surface area (Å²) in [5, 5.41) is 0. The van der Waals surface area contributed by atoms with Crippen molar-refractivity contribution >= 4 is 0 Å². The fourth-order valence-corrected chi connectivity index (χ4v) is 5.20. The molecule has 0 aromatic heterocycles. The van der Waals surface area contributed by atoms with Crippen LogP contribution in [0.3, 0.4) is 0 Å². The van der Waals surface area contributed by atoms with Crippen molar-refractivity contribution in [2.45, 2.75) is 78.4 Å². The van der Waals surface area contributed by atoms with Crippen molar-refractivity contribution in [2.75, 3.05) is 0 Å². The molecule has 2 saturated heterocycles. The summed E-state index contributed by atoms with van der Waals surface area (Å²) in [6.07, 6.45) is 8.91. The van der Waals surface area contributed by atoms with Gasteiger partial charge in [-0.3, -0.25) is 0 Å². The lowest BCUT2D eigenvalue weighted by atomic mass is 9.76. The second kappa shape index (κ2) is 7.14. The van der Waals surface area contributed by atoms with E-state index in [0.717, 1.165) is 35.2 Å². The molecule has 2 nitrogen and oxygen atoms in total. The Morgan fingerprint density at radius 1 is 0.667 bits per heavy atom. The van der Waals surface area contributed by atoms with E-state index in [1.165, 1.54) is 38.5 Å². The predicted molar refractivity (Wildman–Crippen MR) is 99.4 cm³/mol. The highest BCUT2D eigenvalue weighted by atomic mass is 16.5. The van der Waals surface area contributed by atoms with Crippen LogP contribution in [0.15, 0.2) is 24.7 Å². The smallest absolute Gasteiger partial charge is 0.102 e. The van der Waals surface area contributed by atoms with E-state index in [2.05, 4.69) is 40.9 Å². The summed E-state index contributed by atoms with van der Waals surface area (Å²) in [6, 6.07) is 0. The van der Waals surface area contributed by atoms with E-state index in [9.17, 15) is 0 Å². The van der Waals surface area contributed by atoms with Crippen molar-refractivity contribution in [1.29, 1.82) is 0 Å². The van der Waals surface area contributed by atoms with Gasteiger partial charge in [0.1, 0.15) is 12.2 Å². The van der Waals surface area contributed by atoms with Gasteiger partial charge >= 0.3 is 0 Å². The molecule has 0 aromatic carbocycles. The van der Waals surface area contributed by atoms with Crippen LogP contribution < -0.4 is 0 Å². The maximum atomic E-state index is 5.75. The molecule has 0 unspecified atom stereocenters. The average molecular weight is 333 g/mol. The van der Waals surface area contributed by atoms with E-state index in [1.54, 1.807) is 0 Å². The first-order chi connectivity index (χ1) is 11.4. The zero-order valence-electron chi connectivity index (χ0n) is 16.1. The van der Waals surface area contributed by atoms with Gasteiger partial charge < -0.3 is 9.47 Å². The van der Waals surface area contributed by atoms with Crippen molar-refractivity contribution in [3.63, 3.8) is 0 Å². The molecule has 24 heavy (non-hydrogen) atoms. The number of allylic oxidation sites excluding steroid dienone is 2. The number of ether oxygens (including phenoxy) is 2. The lowest BCUT2D eigenvalue weighted by Crippen LogP contribution is -2.27. The largest absolute Gasteiger partial charge is 0.495 e. The first-order valence-electron chi connectivity index (χ1n) is 10.1. The molecule has 2 aliphatic heterocycles. The Labute approximate surface area is 148 Å². The maximum absolute atomic E-state index is 5.75. The summed E-state index contributed by atoms with van der Waals surface area (Å²) in [5.74, 6) is 6.50. The van der Waals surface area contributed by atoms with Crippen LogP contribution in [0.1, 0.15) is 66.2 Å². The van der Waals surface area contributed by atoms with Crippen LogP contribution in [0.4, 0.5) is 0 Å². The maximum Gasteiger partial charge on any atom is 0.102 e. The highest BCUT2D eigenvalue weighted by Crippen LogP contribution is 2.45. The van der Waals surface area contributed by atoms with Gasteiger partial charge in [0.2, 0.25) is 0 Å². The monoisotopic (exact) mass is 332 g/mol. The van der Waals surface area contributed by atoms with E-state index in [4.69, 9.17) is 9.47 Å². The molecular formula is C22H36O2. The lowest BCUT2D eigenvalue weighted by molar-refractivity contribution is 0.0750. The quantitative estimate of drug-likeness (QED) is 0.546. The summed E-state index contributed by atoms with van der Waals surface area (Å²) in [5.41, 5.74) is 0. The fourth-order valence-electron chi connectivity index (χ4n) is 5.20. The number of hydrogen-bond donors (Lipinski definition) is 0. The Balaban J connectivity index is 0.000000141. The predicted octanol–water partition coefficient (Wildman–Crippen LogP) is 5.94. The van der Waals surface area contributed by atoms with Crippen LogP contribution in [0.2, 0.25) is 0 Å². The van der Waals surface area contributed by atoms with Gasteiger partial charge in [-0.2, -0.15) is 0 Å². The molecule has 0 amide bonds. The zero-order chi connectivity index (χ0) is 17.4. The first kappa shape index (κ1) is 17.9. The normalized spacial score (nSPS) is 47.0. The lowest BCUT2D eigenvalue weighted by Gasteiger charge is -2.29. The summed E-state index contributed by atoms with van der Waals surface area (Å²) >= 11 is 0. The first-order valence-corrected chi connectivity index (χ1v) is 10.1. The third-order valence-corrected chi connectivity index (χ3v) is 7.12. The molecule has 0 aromatic rings. The third-order valence-electron chi connectivity index (χ3n) is 7.12.